The second kappa shape index (κ2) is 8.21. The third kappa shape index (κ3) is 4.09. The number of hydrogen-bond donors (Lipinski definition) is 1. The van der Waals surface area contributed by atoms with Gasteiger partial charge in [0.1, 0.15) is 0 Å². The van der Waals surface area contributed by atoms with Gasteiger partial charge in [-0.25, -0.2) is 0 Å². The Kier molecular flexibility index (Phi) is 5.97. The van der Waals surface area contributed by atoms with E-state index in [1.165, 1.54) is 5.56 Å². The first kappa shape index (κ1) is 18.9. The zero-order valence-electron chi connectivity index (χ0n) is 15.7. The number of aliphatic hydroxyl groups excluding tert-OH is 1. The third-order valence-electron chi connectivity index (χ3n) is 6.29. The van der Waals surface area contributed by atoms with Crippen molar-refractivity contribution in [3.63, 3.8) is 0 Å². The number of nitrogens with zero attached hydrogens (tertiary/aromatic N) is 2. The van der Waals surface area contributed by atoms with Crippen molar-refractivity contribution in [3.8, 4) is 0 Å². The van der Waals surface area contributed by atoms with Gasteiger partial charge in [-0.3, -0.25) is 9.59 Å². The van der Waals surface area contributed by atoms with Crippen LogP contribution < -0.4 is 0 Å². The first-order valence-corrected chi connectivity index (χ1v) is 9.72. The van der Waals surface area contributed by atoms with E-state index in [0.717, 1.165) is 45.3 Å². The van der Waals surface area contributed by atoms with E-state index in [2.05, 4.69) is 12.1 Å². The van der Waals surface area contributed by atoms with Crippen molar-refractivity contribution in [2.24, 2.45) is 11.3 Å². The van der Waals surface area contributed by atoms with Crippen LogP contribution in [-0.4, -0.2) is 59.5 Å². The summed E-state index contributed by atoms with van der Waals surface area (Å²) < 4.78 is 0. The second-order valence-corrected chi connectivity index (χ2v) is 7.86. The average molecular weight is 358 g/mol. The van der Waals surface area contributed by atoms with Crippen LogP contribution in [0, 0.1) is 11.3 Å². The summed E-state index contributed by atoms with van der Waals surface area (Å²) >= 11 is 0. The van der Waals surface area contributed by atoms with Gasteiger partial charge >= 0.3 is 0 Å². The molecular formula is C21H30N2O3. The molecule has 3 rings (SSSR count). The number of piperidine rings is 1. The first-order chi connectivity index (χ1) is 12.5. The predicted octanol–water partition coefficient (Wildman–Crippen LogP) is 2.09. The van der Waals surface area contributed by atoms with E-state index in [1.54, 1.807) is 6.92 Å². The normalized spacial score (nSPS) is 22.0. The monoisotopic (exact) mass is 358 g/mol. The van der Waals surface area contributed by atoms with E-state index in [9.17, 15) is 14.7 Å². The van der Waals surface area contributed by atoms with Gasteiger partial charge in [-0.05, 0) is 36.7 Å². The highest BCUT2D eigenvalue weighted by molar-refractivity contribution is 5.76. The Balaban J connectivity index is 1.48. The summed E-state index contributed by atoms with van der Waals surface area (Å²) in [7, 11) is 0. The fourth-order valence-electron chi connectivity index (χ4n) is 4.54. The van der Waals surface area contributed by atoms with Crippen molar-refractivity contribution in [2.75, 3.05) is 32.8 Å². The number of aliphatic hydroxyl groups is 1. The van der Waals surface area contributed by atoms with E-state index in [0.29, 0.717) is 13.0 Å². The molecule has 1 aromatic carbocycles. The summed E-state index contributed by atoms with van der Waals surface area (Å²) in [4.78, 5) is 28.1. The molecule has 1 N–H and O–H groups in total. The molecule has 2 fully saturated rings. The number of carbonyl (C=O) groups is 2. The van der Waals surface area contributed by atoms with E-state index < -0.39 is 0 Å². The Bertz CT molecular complexity index is 623. The number of likely N-dealkylation sites (tertiary alicyclic amines) is 2. The van der Waals surface area contributed by atoms with Crippen LogP contribution in [0.4, 0.5) is 0 Å². The lowest BCUT2D eigenvalue weighted by molar-refractivity contribution is -0.134. The highest BCUT2D eigenvalue weighted by Gasteiger charge is 2.48. The standard InChI is InChI=1S/C21H30N2O3/c1-17(25)23-14-19(15-24)21(16-23)10-12-22(13-11-21)20(26)9-5-8-18-6-3-2-4-7-18/h2-4,6-7,19,24H,5,8-16H2,1H3. The lowest BCUT2D eigenvalue weighted by atomic mass is 9.71. The smallest absolute Gasteiger partial charge is 0.222 e. The zero-order chi connectivity index (χ0) is 18.6. The van der Waals surface area contributed by atoms with E-state index in [1.807, 2.05) is 28.0 Å². The van der Waals surface area contributed by atoms with E-state index in [4.69, 9.17) is 0 Å². The van der Waals surface area contributed by atoms with Crippen LogP contribution in [0.25, 0.3) is 0 Å². The fraction of sp³-hybridized carbons (Fsp3) is 0.619. The molecule has 2 aliphatic rings. The molecule has 0 bridgehead atoms. The molecule has 2 heterocycles. The summed E-state index contributed by atoms with van der Waals surface area (Å²) in [6.07, 6.45) is 4.16. The van der Waals surface area contributed by atoms with Crippen LogP contribution in [0.15, 0.2) is 30.3 Å². The molecule has 2 aliphatic heterocycles. The van der Waals surface area contributed by atoms with Gasteiger partial charge in [-0.2, -0.15) is 0 Å². The number of carbonyl (C=O) groups excluding carboxylic acids is 2. The maximum Gasteiger partial charge on any atom is 0.222 e. The molecule has 0 radical (unpaired) electrons. The first-order valence-electron chi connectivity index (χ1n) is 9.72. The number of amides is 2. The minimum Gasteiger partial charge on any atom is -0.396 e. The maximum atomic E-state index is 12.5. The van der Waals surface area contributed by atoms with Crippen LogP contribution in [0.5, 0.6) is 0 Å². The molecule has 142 valence electrons. The molecule has 1 atom stereocenters. The van der Waals surface area contributed by atoms with Gasteiger partial charge in [0.05, 0.1) is 0 Å². The summed E-state index contributed by atoms with van der Waals surface area (Å²) in [5.41, 5.74) is 1.26. The highest BCUT2D eigenvalue weighted by atomic mass is 16.3. The Labute approximate surface area is 156 Å². The van der Waals surface area contributed by atoms with Crippen LogP contribution >= 0.6 is 0 Å². The van der Waals surface area contributed by atoms with Gasteiger partial charge in [0.15, 0.2) is 0 Å². The lowest BCUT2D eigenvalue weighted by Gasteiger charge is -2.42. The molecule has 1 spiro atoms. The Morgan fingerprint density at radius 3 is 2.46 bits per heavy atom. The van der Waals surface area contributed by atoms with Crippen molar-refractivity contribution in [1.29, 1.82) is 0 Å². The topological polar surface area (TPSA) is 60.9 Å². The van der Waals surface area contributed by atoms with Crippen molar-refractivity contribution in [2.45, 2.75) is 39.0 Å². The molecule has 0 aliphatic carbocycles. The number of aryl methyl sites for hydroxylation is 1. The predicted molar refractivity (Wildman–Crippen MR) is 100 cm³/mol. The van der Waals surface area contributed by atoms with E-state index >= 15 is 0 Å². The summed E-state index contributed by atoms with van der Waals surface area (Å²) in [6, 6.07) is 10.3. The molecule has 0 aromatic heterocycles. The maximum absolute atomic E-state index is 12.5. The molecule has 0 saturated carbocycles. The fourth-order valence-corrected chi connectivity index (χ4v) is 4.54. The molecule has 2 amide bonds. The zero-order valence-corrected chi connectivity index (χ0v) is 15.7. The molecule has 5 nitrogen and oxygen atoms in total. The largest absolute Gasteiger partial charge is 0.396 e. The molecule has 5 heteroatoms. The third-order valence-corrected chi connectivity index (χ3v) is 6.29. The quantitative estimate of drug-likeness (QED) is 0.877. The Morgan fingerprint density at radius 1 is 1.15 bits per heavy atom. The van der Waals surface area contributed by atoms with Crippen LogP contribution in [-0.2, 0) is 16.0 Å². The van der Waals surface area contributed by atoms with Gasteiger partial charge in [0, 0.05) is 52.0 Å². The number of hydrogen-bond acceptors (Lipinski definition) is 3. The van der Waals surface area contributed by atoms with Crippen molar-refractivity contribution in [1.82, 2.24) is 9.80 Å². The molecule has 1 unspecified atom stereocenters. The lowest BCUT2D eigenvalue weighted by Crippen LogP contribution is -2.47. The number of rotatable bonds is 5. The molecule has 2 saturated heterocycles. The van der Waals surface area contributed by atoms with Crippen LogP contribution in [0.2, 0.25) is 0 Å². The number of benzene rings is 1. The minimum absolute atomic E-state index is 0.0127. The van der Waals surface area contributed by atoms with E-state index in [-0.39, 0.29) is 29.8 Å². The SMILES string of the molecule is CC(=O)N1CC(CO)C2(CCN(C(=O)CCCc3ccccc3)CC2)C1. The van der Waals surface area contributed by atoms with Gasteiger partial charge in [-0.1, -0.05) is 30.3 Å². The summed E-state index contributed by atoms with van der Waals surface area (Å²) in [6.45, 7) is 4.58. The molecule has 1 aromatic rings. The van der Waals surface area contributed by atoms with Gasteiger partial charge in [0.25, 0.3) is 0 Å². The Hall–Kier alpha value is -1.88. The Morgan fingerprint density at radius 2 is 1.85 bits per heavy atom. The highest BCUT2D eigenvalue weighted by Crippen LogP contribution is 2.44. The molecule has 26 heavy (non-hydrogen) atoms. The summed E-state index contributed by atoms with van der Waals surface area (Å²) in [5.74, 6) is 0.458. The van der Waals surface area contributed by atoms with Gasteiger partial charge in [-0.15, -0.1) is 0 Å². The van der Waals surface area contributed by atoms with Crippen molar-refractivity contribution < 1.29 is 14.7 Å². The van der Waals surface area contributed by atoms with Crippen LogP contribution in [0.3, 0.4) is 0 Å². The van der Waals surface area contributed by atoms with Crippen LogP contribution in [0.1, 0.15) is 38.2 Å². The van der Waals surface area contributed by atoms with Gasteiger partial charge in [0.2, 0.25) is 11.8 Å². The van der Waals surface area contributed by atoms with Gasteiger partial charge < -0.3 is 14.9 Å². The minimum atomic E-state index is -0.0127. The van der Waals surface area contributed by atoms with Crippen molar-refractivity contribution in [3.05, 3.63) is 35.9 Å². The van der Waals surface area contributed by atoms with Crippen molar-refractivity contribution >= 4 is 11.8 Å². The average Bonchev–Trinajstić information content (AvgIpc) is 3.01. The molecular weight excluding hydrogens is 328 g/mol. The second-order valence-electron chi connectivity index (χ2n) is 7.86. The summed E-state index contributed by atoms with van der Waals surface area (Å²) in [5, 5.41) is 9.76.